The third-order valence-corrected chi connectivity index (χ3v) is 5.33. The molecule has 1 aliphatic heterocycles. The summed E-state index contributed by atoms with van der Waals surface area (Å²) in [6.07, 6.45) is 7.08. The molecule has 2 heteroatoms. The zero-order valence-electron chi connectivity index (χ0n) is 11.4. The zero-order valence-corrected chi connectivity index (χ0v) is 13.5. The topological polar surface area (TPSA) is 3.24 Å². The summed E-state index contributed by atoms with van der Waals surface area (Å²) in [4.78, 5) is 2.70. The highest BCUT2D eigenvalue weighted by atomic mass is 127. The first-order valence-electron chi connectivity index (χ1n) is 6.92. The van der Waals surface area contributed by atoms with Gasteiger partial charge in [-0.3, -0.25) is 4.90 Å². The maximum Gasteiger partial charge on any atom is 0.0620 e. The van der Waals surface area contributed by atoms with Crippen molar-refractivity contribution in [2.45, 2.75) is 69.9 Å². The van der Waals surface area contributed by atoms with Gasteiger partial charge in [-0.25, -0.2) is 0 Å². The summed E-state index contributed by atoms with van der Waals surface area (Å²) in [6, 6.07) is 0.702. The second kappa shape index (κ2) is 7.20. The van der Waals surface area contributed by atoms with Crippen molar-refractivity contribution in [2.75, 3.05) is 6.54 Å². The second-order valence-corrected chi connectivity index (χ2v) is 7.28. The standard InChI is InChI=1S/C14H28IN/c1-11(2)13-7-5-6-8-14(15)16(10-9-13)12(3)4/h11-14H,5-10H2,1-4H3/t13-,14?/m1/s1. The molecule has 1 saturated heterocycles. The average Bonchev–Trinajstić information content (AvgIpc) is 2.28. The Morgan fingerprint density at radius 2 is 1.62 bits per heavy atom. The van der Waals surface area contributed by atoms with E-state index in [1.807, 2.05) is 0 Å². The molecule has 96 valence electrons. The normalized spacial score (nSPS) is 30.2. The molecule has 0 amide bonds. The molecule has 16 heavy (non-hydrogen) atoms. The van der Waals surface area contributed by atoms with E-state index in [9.17, 15) is 0 Å². The van der Waals surface area contributed by atoms with Gasteiger partial charge >= 0.3 is 0 Å². The Kier molecular flexibility index (Phi) is 6.63. The summed E-state index contributed by atoms with van der Waals surface area (Å²) in [5.74, 6) is 1.81. The maximum atomic E-state index is 2.70. The Morgan fingerprint density at radius 1 is 1.00 bits per heavy atom. The summed E-state index contributed by atoms with van der Waals surface area (Å²) in [6.45, 7) is 10.8. The van der Waals surface area contributed by atoms with Crippen LogP contribution in [-0.2, 0) is 0 Å². The SMILES string of the molecule is CC(C)[C@@H]1CCCCC(I)N(C(C)C)CC1. The molecule has 0 aromatic rings. The van der Waals surface area contributed by atoms with Crippen molar-refractivity contribution in [1.82, 2.24) is 4.90 Å². The lowest BCUT2D eigenvalue weighted by Gasteiger charge is -2.32. The van der Waals surface area contributed by atoms with E-state index in [0.717, 1.165) is 15.9 Å². The van der Waals surface area contributed by atoms with Gasteiger partial charge in [0.1, 0.15) is 0 Å². The summed E-state index contributed by atoms with van der Waals surface area (Å²) in [5, 5.41) is 0. The first kappa shape index (κ1) is 14.7. The molecule has 0 bridgehead atoms. The van der Waals surface area contributed by atoms with Crippen LogP contribution in [0, 0.1) is 11.8 Å². The van der Waals surface area contributed by atoms with Crippen LogP contribution in [0.1, 0.15) is 59.8 Å². The van der Waals surface area contributed by atoms with E-state index in [-0.39, 0.29) is 0 Å². The van der Waals surface area contributed by atoms with E-state index >= 15 is 0 Å². The fraction of sp³-hybridized carbons (Fsp3) is 1.00. The number of alkyl halides is 1. The Balaban J connectivity index is 2.59. The van der Waals surface area contributed by atoms with Crippen molar-refractivity contribution in [3.05, 3.63) is 0 Å². The van der Waals surface area contributed by atoms with Crippen LogP contribution in [0.2, 0.25) is 0 Å². The molecule has 0 saturated carbocycles. The van der Waals surface area contributed by atoms with Crippen LogP contribution in [0.4, 0.5) is 0 Å². The molecule has 0 aliphatic carbocycles. The fourth-order valence-corrected chi connectivity index (χ4v) is 4.09. The predicted octanol–water partition coefficient (Wildman–Crippen LogP) is 4.69. The third kappa shape index (κ3) is 4.52. The monoisotopic (exact) mass is 337 g/mol. The molecule has 2 atom stereocenters. The van der Waals surface area contributed by atoms with Gasteiger partial charge in [0.05, 0.1) is 4.05 Å². The van der Waals surface area contributed by atoms with Gasteiger partial charge in [0, 0.05) is 6.04 Å². The van der Waals surface area contributed by atoms with Crippen LogP contribution in [0.15, 0.2) is 0 Å². The minimum Gasteiger partial charge on any atom is -0.289 e. The molecule has 1 rings (SSSR count). The molecule has 0 aromatic carbocycles. The third-order valence-electron chi connectivity index (χ3n) is 3.99. The quantitative estimate of drug-likeness (QED) is 0.401. The second-order valence-electron chi connectivity index (χ2n) is 5.84. The Morgan fingerprint density at radius 3 is 2.19 bits per heavy atom. The van der Waals surface area contributed by atoms with Crippen molar-refractivity contribution < 1.29 is 0 Å². The van der Waals surface area contributed by atoms with Gasteiger partial charge in [-0.15, -0.1) is 0 Å². The Labute approximate surface area is 115 Å². The summed E-state index contributed by atoms with van der Waals surface area (Å²) < 4.78 is 0.753. The number of halogens is 1. The molecule has 1 fully saturated rings. The lowest BCUT2D eigenvalue weighted by Crippen LogP contribution is -2.38. The van der Waals surface area contributed by atoms with Gasteiger partial charge in [-0.05, 0) is 45.1 Å². The highest BCUT2D eigenvalue weighted by molar-refractivity contribution is 14.1. The molecule has 1 nitrogen and oxygen atoms in total. The zero-order chi connectivity index (χ0) is 12.1. The molecule has 0 N–H and O–H groups in total. The van der Waals surface area contributed by atoms with Gasteiger partial charge in [-0.2, -0.15) is 0 Å². The van der Waals surface area contributed by atoms with Gasteiger partial charge in [0.25, 0.3) is 0 Å². The molecule has 0 spiro atoms. The van der Waals surface area contributed by atoms with Crippen LogP contribution in [-0.4, -0.2) is 21.5 Å². The smallest absolute Gasteiger partial charge is 0.0620 e. The molecule has 1 aliphatic rings. The first-order valence-corrected chi connectivity index (χ1v) is 8.16. The summed E-state index contributed by atoms with van der Waals surface area (Å²) in [7, 11) is 0. The largest absolute Gasteiger partial charge is 0.289 e. The van der Waals surface area contributed by atoms with E-state index in [1.54, 1.807) is 0 Å². The van der Waals surface area contributed by atoms with Gasteiger partial charge in [0.15, 0.2) is 0 Å². The van der Waals surface area contributed by atoms with Crippen molar-refractivity contribution in [3.63, 3.8) is 0 Å². The molecular weight excluding hydrogens is 309 g/mol. The van der Waals surface area contributed by atoms with Crippen LogP contribution >= 0.6 is 22.6 Å². The molecule has 1 unspecified atom stereocenters. The highest BCUT2D eigenvalue weighted by Crippen LogP contribution is 2.28. The molecule has 1 heterocycles. The van der Waals surface area contributed by atoms with Crippen molar-refractivity contribution in [1.29, 1.82) is 0 Å². The molecular formula is C14H28IN. The number of nitrogens with zero attached hydrogens (tertiary/aromatic N) is 1. The fourth-order valence-electron chi connectivity index (χ4n) is 2.73. The Hall–Kier alpha value is 0.690. The lowest BCUT2D eigenvalue weighted by atomic mass is 9.88. The predicted molar refractivity (Wildman–Crippen MR) is 81.1 cm³/mol. The number of hydrogen-bond donors (Lipinski definition) is 0. The maximum absolute atomic E-state index is 2.70. The van der Waals surface area contributed by atoms with Crippen molar-refractivity contribution in [3.8, 4) is 0 Å². The van der Waals surface area contributed by atoms with Crippen molar-refractivity contribution in [2.24, 2.45) is 11.8 Å². The number of hydrogen-bond acceptors (Lipinski definition) is 1. The van der Waals surface area contributed by atoms with Crippen LogP contribution in [0.3, 0.4) is 0 Å². The summed E-state index contributed by atoms with van der Waals surface area (Å²) >= 11 is 2.64. The van der Waals surface area contributed by atoms with E-state index in [2.05, 4.69) is 55.2 Å². The van der Waals surface area contributed by atoms with Gasteiger partial charge in [-0.1, -0.05) is 55.7 Å². The van der Waals surface area contributed by atoms with E-state index in [0.29, 0.717) is 6.04 Å². The minimum atomic E-state index is 0.702. The van der Waals surface area contributed by atoms with E-state index in [1.165, 1.54) is 38.6 Å². The summed E-state index contributed by atoms with van der Waals surface area (Å²) in [5.41, 5.74) is 0. The van der Waals surface area contributed by atoms with Crippen LogP contribution < -0.4 is 0 Å². The first-order chi connectivity index (χ1) is 7.52. The molecule has 0 radical (unpaired) electrons. The highest BCUT2D eigenvalue weighted by Gasteiger charge is 2.23. The van der Waals surface area contributed by atoms with Gasteiger partial charge in [0.2, 0.25) is 0 Å². The lowest BCUT2D eigenvalue weighted by molar-refractivity contribution is 0.188. The average molecular weight is 337 g/mol. The minimum absolute atomic E-state index is 0.702. The van der Waals surface area contributed by atoms with E-state index in [4.69, 9.17) is 0 Å². The van der Waals surface area contributed by atoms with Crippen molar-refractivity contribution >= 4 is 22.6 Å². The van der Waals surface area contributed by atoms with E-state index < -0.39 is 0 Å². The van der Waals surface area contributed by atoms with Crippen LogP contribution in [0.5, 0.6) is 0 Å². The van der Waals surface area contributed by atoms with Gasteiger partial charge < -0.3 is 0 Å². The van der Waals surface area contributed by atoms with Crippen LogP contribution in [0.25, 0.3) is 0 Å². The molecule has 0 aromatic heterocycles. The Bertz CT molecular complexity index is 191. The number of rotatable bonds is 2.